The van der Waals surface area contributed by atoms with E-state index in [0.29, 0.717) is 11.4 Å². The summed E-state index contributed by atoms with van der Waals surface area (Å²) in [6.45, 7) is -1.53. The van der Waals surface area contributed by atoms with Crippen molar-refractivity contribution in [2.24, 2.45) is 11.5 Å². The molecule has 3 rings (SSSR count). The van der Waals surface area contributed by atoms with Gasteiger partial charge in [0.2, 0.25) is 35.4 Å². The van der Waals surface area contributed by atoms with Crippen molar-refractivity contribution in [1.82, 2.24) is 41.5 Å². The van der Waals surface area contributed by atoms with E-state index < -0.39 is 84.8 Å². The van der Waals surface area contributed by atoms with Gasteiger partial charge in [0.25, 0.3) is 0 Å². The minimum atomic E-state index is -1.62. The summed E-state index contributed by atoms with van der Waals surface area (Å²) < 4.78 is 0. The van der Waals surface area contributed by atoms with Crippen LogP contribution in [0.3, 0.4) is 0 Å². The number of nitrogens with one attached hydrogen (secondary N) is 7. The van der Waals surface area contributed by atoms with Gasteiger partial charge in [0.15, 0.2) is 0 Å². The number of hydrogen-bond acceptors (Lipinski definition) is 11. The molecule has 282 valence electrons. The zero-order valence-corrected chi connectivity index (χ0v) is 29.2. The number of aliphatic hydroxyl groups excluding tert-OH is 1. The highest BCUT2D eigenvalue weighted by molar-refractivity contribution is 7.98. The fourth-order valence-corrected chi connectivity index (χ4v) is 5.53. The zero-order chi connectivity index (χ0) is 38.2. The topological polar surface area (TPSA) is 317 Å². The fourth-order valence-electron chi connectivity index (χ4n) is 5.06. The van der Waals surface area contributed by atoms with E-state index in [-0.39, 0.29) is 32.1 Å². The van der Waals surface area contributed by atoms with Crippen LogP contribution in [0.4, 0.5) is 0 Å². The van der Waals surface area contributed by atoms with Gasteiger partial charge in [-0.15, -0.1) is 0 Å². The molecule has 20 heteroatoms. The lowest BCUT2D eigenvalue weighted by atomic mass is 10.0. The normalized spacial score (nSPS) is 13.9. The van der Waals surface area contributed by atoms with Crippen molar-refractivity contribution >= 4 is 64.1 Å². The van der Waals surface area contributed by atoms with Gasteiger partial charge in [-0.25, -0.2) is 9.78 Å². The predicted octanol–water partition coefficient (Wildman–Crippen LogP) is -2.85. The van der Waals surface area contributed by atoms with E-state index in [0.717, 1.165) is 16.5 Å². The van der Waals surface area contributed by atoms with Gasteiger partial charge in [-0.05, 0) is 42.9 Å². The van der Waals surface area contributed by atoms with Gasteiger partial charge in [0.1, 0.15) is 24.2 Å². The molecular weight excluding hydrogens is 700 g/mol. The van der Waals surface area contributed by atoms with Gasteiger partial charge in [-0.1, -0.05) is 18.2 Å². The molecule has 0 fully saturated rings. The van der Waals surface area contributed by atoms with Crippen LogP contribution < -0.4 is 38.1 Å². The number of fused-ring (bicyclic) bond motifs is 1. The monoisotopic (exact) mass is 744 g/mol. The van der Waals surface area contributed by atoms with Crippen LogP contribution in [0.5, 0.6) is 0 Å². The number of thioether (sulfide) groups is 1. The smallest absolute Gasteiger partial charge is 0.328 e. The third-order valence-corrected chi connectivity index (χ3v) is 8.50. The Bertz CT molecular complexity index is 1700. The molecule has 13 N–H and O–H groups in total. The number of para-hydroxylation sites is 1. The molecule has 0 bridgehead atoms. The van der Waals surface area contributed by atoms with E-state index in [4.69, 9.17) is 11.5 Å². The molecule has 52 heavy (non-hydrogen) atoms. The molecule has 0 spiro atoms. The first-order chi connectivity index (χ1) is 24.8. The fraction of sp³-hybridized carbons (Fsp3) is 0.438. The van der Waals surface area contributed by atoms with Crippen LogP contribution in [-0.2, 0) is 46.4 Å². The molecule has 0 aliphatic heterocycles. The minimum Gasteiger partial charge on any atom is -0.480 e. The van der Waals surface area contributed by atoms with Crippen LogP contribution in [0.25, 0.3) is 10.9 Å². The Hall–Kier alpha value is -5.47. The number of carbonyl (C=O) groups is 7. The SMILES string of the molecule is CSCC[C@@H](NC(=O)[C@@H](CCC(N)=O)NC(=O)[C@H](N)Cc1c[nH]c2ccccc12)C(=O)NCC(=O)N[C@@H](Cc1cnc[nH]1)C(=O)N[C@H](CO)C(=O)O. The molecule has 6 amide bonds. The van der Waals surface area contributed by atoms with Crippen molar-refractivity contribution in [2.75, 3.05) is 25.2 Å². The number of nitrogens with zero attached hydrogens (tertiary/aromatic N) is 1. The number of aromatic nitrogens is 3. The first-order valence-corrected chi connectivity index (χ1v) is 17.6. The molecule has 3 aromatic rings. The first-order valence-electron chi connectivity index (χ1n) is 16.2. The first kappa shape index (κ1) is 41.0. The highest BCUT2D eigenvalue weighted by atomic mass is 32.2. The minimum absolute atomic E-state index is 0.125. The van der Waals surface area contributed by atoms with Crippen molar-refractivity contribution in [2.45, 2.75) is 62.3 Å². The summed E-state index contributed by atoms with van der Waals surface area (Å²) in [5, 5.41) is 31.5. The number of hydrogen-bond donors (Lipinski definition) is 11. The summed E-state index contributed by atoms with van der Waals surface area (Å²) in [5.74, 6) is -5.73. The van der Waals surface area contributed by atoms with Crippen LogP contribution in [-0.4, -0.2) is 122 Å². The molecule has 0 aliphatic rings. The van der Waals surface area contributed by atoms with E-state index in [1.165, 1.54) is 24.3 Å². The summed E-state index contributed by atoms with van der Waals surface area (Å²) in [6, 6.07) is 1.01. The second-order valence-corrected chi connectivity index (χ2v) is 12.8. The average Bonchev–Trinajstić information content (AvgIpc) is 3.79. The van der Waals surface area contributed by atoms with Crippen LogP contribution in [0.15, 0.2) is 43.0 Å². The molecule has 0 aliphatic carbocycles. The van der Waals surface area contributed by atoms with Gasteiger partial charge >= 0.3 is 5.97 Å². The largest absolute Gasteiger partial charge is 0.480 e. The van der Waals surface area contributed by atoms with Crippen LogP contribution in [0.2, 0.25) is 0 Å². The Kier molecular flexibility index (Phi) is 16.1. The second kappa shape index (κ2) is 20.4. The summed E-state index contributed by atoms with van der Waals surface area (Å²) in [6.07, 6.45) is 5.97. The Morgan fingerprint density at radius 3 is 2.19 bits per heavy atom. The van der Waals surface area contributed by atoms with Crippen molar-refractivity contribution in [1.29, 1.82) is 0 Å². The predicted molar refractivity (Wildman–Crippen MR) is 189 cm³/mol. The second-order valence-electron chi connectivity index (χ2n) is 11.8. The van der Waals surface area contributed by atoms with E-state index in [2.05, 4.69) is 41.5 Å². The summed E-state index contributed by atoms with van der Waals surface area (Å²) >= 11 is 1.39. The average molecular weight is 745 g/mol. The third-order valence-electron chi connectivity index (χ3n) is 7.86. The highest BCUT2D eigenvalue weighted by Gasteiger charge is 2.30. The molecule has 1 aromatic carbocycles. The number of amides is 6. The number of aromatic amines is 2. The zero-order valence-electron chi connectivity index (χ0n) is 28.3. The van der Waals surface area contributed by atoms with E-state index in [1.807, 2.05) is 24.3 Å². The lowest BCUT2D eigenvalue weighted by molar-refractivity contribution is -0.143. The lowest BCUT2D eigenvalue weighted by Gasteiger charge is -2.24. The third kappa shape index (κ3) is 12.7. The van der Waals surface area contributed by atoms with Crippen LogP contribution >= 0.6 is 11.8 Å². The Morgan fingerprint density at radius 2 is 1.54 bits per heavy atom. The highest BCUT2D eigenvalue weighted by Crippen LogP contribution is 2.19. The molecule has 5 atom stereocenters. The molecule has 19 nitrogen and oxygen atoms in total. The molecule has 0 unspecified atom stereocenters. The number of nitrogens with two attached hydrogens (primary N) is 2. The number of primary amides is 1. The maximum atomic E-state index is 13.5. The molecule has 0 saturated heterocycles. The molecule has 0 saturated carbocycles. The van der Waals surface area contributed by atoms with Crippen LogP contribution in [0.1, 0.15) is 30.5 Å². The van der Waals surface area contributed by atoms with Gasteiger partial charge in [0, 0.05) is 41.8 Å². The number of carboxylic acid groups (broad SMARTS) is 1. The summed E-state index contributed by atoms with van der Waals surface area (Å²) in [4.78, 5) is 98.1. The maximum absolute atomic E-state index is 13.5. The van der Waals surface area contributed by atoms with Gasteiger partial charge < -0.3 is 58.2 Å². The van der Waals surface area contributed by atoms with E-state index >= 15 is 0 Å². The number of aliphatic carboxylic acids is 1. The van der Waals surface area contributed by atoms with Crippen LogP contribution in [0, 0.1) is 0 Å². The standard InChI is InChI=1S/C32H44N10O9S/c1-52-9-8-23(29(47)37-14-27(45)39-24(11-18-13-35-16-38-18)31(49)42-25(15-43)32(50)51)41-30(48)22(6-7-26(34)44)40-28(46)20(33)10-17-12-36-21-5-3-2-4-19(17)21/h2-5,12-13,16,20,22-25,36,43H,6-11,14-15,33H2,1H3,(H2,34,44)(H,35,38)(H,37,47)(H,39,45)(H,40,46)(H,41,48)(H,42,49)(H,50,51)/t20-,22-,23-,24+,25-/m1/s1. The van der Waals surface area contributed by atoms with E-state index in [9.17, 15) is 43.8 Å². The van der Waals surface area contributed by atoms with Crippen molar-refractivity contribution < 1.29 is 43.8 Å². The van der Waals surface area contributed by atoms with Gasteiger partial charge in [0.05, 0.1) is 25.5 Å². The van der Waals surface area contributed by atoms with Crippen molar-refractivity contribution in [3.8, 4) is 0 Å². The summed E-state index contributed by atoms with van der Waals surface area (Å²) in [7, 11) is 0. The van der Waals surface area contributed by atoms with Crippen molar-refractivity contribution in [3.05, 3.63) is 54.2 Å². The number of H-pyrrole nitrogens is 2. The maximum Gasteiger partial charge on any atom is 0.328 e. The molecule has 0 radical (unpaired) electrons. The lowest BCUT2D eigenvalue weighted by Crippen LogP contribution is -2.57. The number of aliphatic hydroxyl groups is 1. The molecule has 2 heterocycles. The van der Waals surface area contributed by atoms with Crippen molar-refractivity contribution in [3.63, 3.8) is 0 Å². The number of benzene rings is 1. The molecular formula is C32H44N10O9S. The Balaban J connectivity index is 1.65. The molecule has 2 aromatic heterocycles. The quantitative estimate of drug-likeness (QED) is 0.0496. The number of carboxylic acids is 1. The van der Waals surface area contributed by atoms with E-state index in [1.54, 1.807) is 12.5 Å². The number of imidazole rings is 1. The Morgan fingerprint density at radius 1 is 0.865 bits per heavy atom. The summed E-state index contributed by atoms with van der Waals surface area (Å²) in [5.41, 5.74) is 13.6. The number of rotatable bonds is 22. The van der Waals surface area contributed by atoms with Gasteiger partial charge in [-0.2, -0.15) is 11.8 Å². The number of carbonyl (C=O) groups excluding carboxylic acids is 6. The Labute approximate surface area is 302 Å². The van der Waals surface area contributed by atoms with Gasteiger partial charge in [-0.3, -0.25) is 28.8 Å².